The van der Waals surface area contributed by atoms with Crippen LogP contribution in [-0.4, -0.2) is 19.9 Å². The highest BCUT2D eigenvalue weighted by molar-refractivity contribution is 5.67. The molecule has 3 rings (SSSR count). The summed E-state index contributed by atoms with van der Waals surface area (Å²) in [6.07, 6.45) is 4.12. The lowest BCUT2D eigenvalue weighted by Crippen LogP contribution is -2.02. The van der Waals surface area contributed by atoms with Crippen molar-refractivity contribution in [3.05, 3.63) is 71.4 Å². The number of pyridine rings is 1. The standard InChI is InChI=1S/C17H16FN3O/c1-21-15(6-8-20-21)10-12-3-2-7-19-17(12)16-5-4-14(18)9-13(16)11-22/h2-9,22H,10-11H2,1H3. The lowest BCUT2D eigenvalue weighted by Gasteiger charge is -2.12. The number of aliphatic hydroxyl groups is 1. The van der Waals surface area contributed by atoms with E-state index in [1.165, 1.54) is 12.1 Å². The summed E-state index contributed by atoms with van der Waals surface area (Å²) in [5.74, 6) is -0.364. The summed E-state index contributed by atoms with van der Waals surface area (Å²) < 4.78 is 15.2. The highest BCUT2D eigenvalue weighted by atomic mass is 19.1. The Bertz CT molecular complexity index is 798. The first-order chi connectivity index (χ1) is 10.7. The molecule has 0 fully saturated rings. The third-order valence-corrected chi connectivity index (χ3v) is 3.68. The molecule has 0 amide bonds. The molecule has 1 N–H and O–H groups in total. The fourth-order valence-electron chi connectivity index (χ4n) is 2.52. The zero-order chi connectivity index (χ0) is 15.5. The van der Waals surface area contributed by atoms with E-state index in [1.807, 2.05) is 29.9 Å². The van der Waals surface area contributed by atoms with Crippen molar-refractivity contribution in [2.24, 2.45) is 7.05 Å². The maximum absolute atomic E-state index is 13.4. The Labute approximate surface area is 127 Å². The number of aryl methyl sites for hydroxylation is 1. The maximum Gasteiger partial charge on any atom is 0.123 e. The number of hydrogen-bond acceptors (Lipinski definition) is 3. The number of aromatic nitrogens is 3. The molecule has 112 valence electrons. The van der Waals surface area contributed by atoms with Crippen LogP contribution < -0.4 is 0 Å². The summed E-state index contributed by atoms with van der Waals surface area (Å²) in [5.41, 5.74) is 4.11. The van der Waals surface area contributed by atoms with Gasteiger partial charge in [-0.25, -0.2) is 4.39 Å². The maximum atomic E-state index is 13.4. The van der Waals surface area contributed by atoms with E-state index in [2.05, 4.69) is 10.1 Å². The lowest BCUT2D eigenvalue weighted by molar-refractivity contribution is 0.281. The Morgan fingerprint density at radius 3 is 2.73 bits per heavy atom. The van der Waals surface area contributed by atoms with Gasteiger partial charge in [0.05, 0.1) is 12.3 Å². The number of aliphatic hydroxyl groups excluding tert-OH is 1. The number of halogens is 1. The van der Waals surface area contributed by atoms with Crippen molar-refractivity contribution in [3.8, 4) is 11.3 Å². The van der Waals surface area contributed by atoms with Gasteiger partial charge in [0, 0.05) is 37.1 Å². The molecule has 0 bridgehead atoms. The average molecular weight is 297 g/mol. The fraction of sp³-hybridized carbons (Fsp3) is 0.176. The van der Waals surface area contributed by atoms with E-state index in [0.717, 1.165) is 22.5 Å². The summed E-state index contributed by atoms with van der Waals surface area (Å²) in [7, 11) is 1.89. The van der Waals surface area contributed by atoms with Crippen molar-refractivity contribution < 1.29 is 9.50 Å². The van der Waals surface area contributed by atoms with Gasteiger partial charge in [-0.05, 0) is 41.5 Å². The second kappa shape index (κ2) is 6.07. The van der Waals surface area contributed by atoms with Crippen LogP contribution in [-0.2, 0) is 20.1 Å². The van der Waals surface area contributed by atoms with Gasteiger partial charge in [-0.15, -0.1) is 0 Å². The molecule has 5 heteroatoms. The van der Waals surface area contributed by atoms with Crippen LogP contribution in [0.4, 0.5) is 4.39 Å². The fourth-order valence-corrected chi connectivity index (χ4v) is 2.52. The van der Waals surface area contributed by atoms with E-state index in [-0.39, 0.29) is 12.4 Å². The highest BCUT2D eigenvalue weighted by Crippen LogP contribution is 2.27. The summed E-state index contributed by atoms with van der Waals surface area (Å²) in [6.45, 7) is -0.227. The second-order valence-corrected chi connectivity index (χ2v) is 5.09. The molecule has 2 heterocycles. The lowest BCUT2D eigenvalue weighted by atomic mass is 9.98. The van der Waals surface area contributed by atoms with Crippen molar-refractivity contribution in [1.82, 2.24) is 14.8 Å². The Hall–Kier alpha value is -2.53. The van der Waals surface area contributed by atoms with E-state index in [1.54, 1.807) is 18.5 Å². The molecule has 0 spiro atoms. The monoisotopic (exact) mass is 297 g/mol. The first kappa shape index (κ1) is 14.4. The van der Waals surface area contributed by atoms with Crippen molar-refractivity contribution in [1.29, 1.82) is 0 Å². The predicted octanol–water partition coefficient (Wildman–Crippen LogP) is 2.70. The summed E-state index contributed by atoms with van der Waals surface area (Å²) in [5, 5.41) is 13.7. The van der Waals surface area contributed by atoms with E-state index in [9.17, 15) is 9.50 Å². The number of nitrogens with zero attached hydrogens (tertiary/aromatic N) is 3. The Morgan fingerprint density at radius 2 is 2.00 bits per heavy atom. The van der Waals surface area contributed by atoms with Gasteiger partial charge in [0.15, 0.2) is 0 Å². The topological polar surface area (TPSA) is 50.9 Å². The van der Waals surface area contributed by atoms with Crippen LogP contribution >= 0.6 is 0 Å². The minimum Gasteiger partial charge on any atom is -0.392 e. The first-order valence-electron chi connectivity index (χ1n) is 6.99. The molecule has 0 aliphatic rings. The van der Waals surface area contributed by atoms with E-state index < -0.39 is 0 Å². The SMILES string of the molecule is Cn1nccc1Cc1cccnc1-c1ccc(F)cc1CO. The molecule has 0 saturated carbocycles. The largest absolute Gasteiger partial charge is 0.392 e. The molecule has 1 aromatic carbocycles. The third kappa shape index (κ3) is 2.76. The molecule has 0 radical (unpaired) electrons. The summed E-state index contributed by atoms with van der Waals surface area (Å²) in [6, 6.07) is 10.2. The van der Waals surface area contributed by atoms with Crippen LogP contribution in [0, 0.1) is 5.82 Å². The minimum atomic E-state index is -0.364. The summed E-state index contributed by atoms with van der Waals surface area (Å²) in [4.78, 5) is 4.43. The van der Waals surface area contributed by atoms with Gasteiger partial charge >= 0.3 is 0 Å². The quantitative estimate of drug-likeness (QED) is 0.805. The third-order valence-electron chi connectivity index (χ3n) is 3.68. The Balaban J connectivity index is 2.07. The zero-order valence-electron chi connectivity index (χ0n) is 12.2. The van der Waals surface area contributed by atoms with E-state index in [0.29, 0.717) is 12.0 Å². The average Bonchev–Trinajstić information content (AvgIpc) is 2.93. The Kier molecular flexibility index (Phi) is 3.98. The van der Waals surface area contributed by atoms with E-state index in [4.69, 9.17) is 0 Å². The number of benzene rings is 1. The molecule has 4 nitrogen and oxygen atoms in total. The minimum absolute atomic E-state index is 0.227. The molecule has 0 unspecified atom stereocenters. The number of rotatable bonds is 4. The van der Waals surface area contributed by atoms with E-state index >= 15 is 0 Å². The van der Waals surface area contributed by atoms with Gasteiger partial charge in [0.1, 0.15) is 5.82 Å². The van der Waals surface area contributed by atoms with Crippen LogP contribution in [0.15, 0.2) is 48.8 Å². The molecule has 3 aromatic rings. The zero-order valence-corrected chi connectivity index (χ0v) is 12.2. The van der Waals surface area contributed by atoms with Crippen LogP contribution in [0.3, 0.4) is 0 Å². The van der Waals surface area contributed by atoms with Crippen molar-refractivity contribution in [2.75, 3.05) is 0 Å². The van der Waals surface area contributed by atoms with Gasteiger partial charge in [-0.2, -0.15) is 5.10 Å². The normalized spacial score (nSPS) is 10.9. The van der Waals surface area contributed by atoms with Gasteiger partial charge in [-0.3, -0.25) is 9.67 Å². The van der Waals surface area contributed by atoms with Crippen molar-refractivity contribution in [3.63, 3.8) is 0 Å². The molecule has 0 aliphatic carbocycles. The molecular formula is C17H16FN3O. The van der Waals surface area contributed by atoms with Gasteiger partial charge in [0.2, 0.25) is 0 Å². The summed E-state index contributed by atoms with van der Waals surface area (Å²) >= 11 is 0. The molecular weight excluding hydrogens is 281 g/mol. The predicted molar refractivity (Wildman–Crippen MR) is 81.6 cm³/mol. The van der Waals surface area contributed by atoms with Gasteiger partial charge in [0.25, 0.3) is 0 Å². The van der Waals surface area contributed by atoms with Gasteiger partial charge in [-0.1, -0.05) is 6.07 Å². The molecule has 0 saturated heterocycles. The molecule has 0 atom stereocenters. The molecule has 22 heavy (non-hydrogen) atoms. The van der Waals surface area contributed by atoms with Crippen LogP contribution in [0.5, 0.6) is 0 Å². The second-order valence-electron chi connectivity index (χ2n) is 5.09. The van der Waals surface area contributed by atoms with Crippen molar-refractivity contribution in [2.45, 2.75) is 13.0 Å². The van der Waals surface area contributed by atoms with Crippen LogP contribution in [0.1, 0.15) is 16.8 Å². The highest BCUT2D eigenvalue weighted by Gasteiger charge is 2.13. The smallest absolute Gasteiger partial charge is 0.123 e. The van der Waals surface area contributed by atoms with Crippen LogP contribution in [0.25, 0.3) is 11.3 Å². The Morgan fingerprint density at radius 1 is 1.14 bits per heavy atom. The van der Waals surface area contributed by atoms with Crippen molar-refractivity contribution >= 4 is 0 Å². The first-order valence-corrected chi connectivity index (χ1v) is 6.99. The molecule has 2 aromatic heterocycles. The number of hydrogen-bond donors (Lipinski definition) is 1. The van der Waals surface area contributed by atoms with Gasteiger partial charge < -0.3 is 5.11 Å². The molecule has 0 aliphatic heterocycles. The van der Waals surface area contributed by atoms with Crippen LogP contribution in [0.2, 0.25) is 0 Å².